The summed E-state index contributed by atoms with van der Waals surface area (Å²) in [7, 11) is 0. The molecule has 1 spiro atoms. The fraction of sp³-hybridized carbons (Fsp3) is 0.375. The average molecular weight is 255 g/mol. The Morgan fingerprint density at radius 2 is 2.11 bits per heavy atom. The number of hydrogen-bond acceptors (Lipinski definition) is 2. The van der Waals surface area contributed by atoms with Crippen LogP contribution >= 0.6 is 11.3 Å². The second-order valence-electron chi connectivity index (χ2n) is 5.72. The maximum atomic E-state index is 3.58. The lowest BCUT2D eigenvalue weighted by molar-refractivity contribution is 0.541. The molecule has 0 radical (unpaired) electrons. The van der Waals surface area contributed by atoms with Crippen LogP contribution in [-0.2, 0) is 12.0 Å². The van der Waals surface area contributed by atoms with E-state index in [1.54, 1.807) is 10.4 Å². The van der Waals surface area contributed by atoms with Crippen molar-refractivity contribution in [3.8, 4) is 10.4 Å². The average Bonchev–Trinajstić information content (AvgIpc) is 2.99. The first-order chi connectivity index (χ1) is 8.77. The summed E-state index contributed by atoms with van der Waals surface area (Å²) in [6.07, 6.45) is 2.75. The van der Waals surface area contributed by atoms with Crippen LogP contribution in [0.2, 0.25) is 0 Å². The maximum Gasteiger partial charge on any atom is 0.0349 e. The minimum atomic E-state index is 0.514. The van der Waals surface area contributed by atoms with Crippen LogP contribution in [0.3, 0.4) is 0 Å². The standard InChI is InChI=1S/C16H17NS/c1-11-3-2-4-12(7-11)14-8-13-9-17-10-16(5-6-16)15(13)18-14/h2-4,7-8,17H,5-6,9-10H2,1H3. The van der Waals surface area contributed by atoms with E-state index >= 15 is 0 Å². The van der Waals surface area contributed by atoms with Crippen molar-refractivity contribution < 1.29 is 0 Å². The Bertz CT molecular complexity index is 607. The molecule has 0 bridgehead atoms. The summed E-state index contributed by atoms with van der Waals surface area (Å²) >= 11 is 2.03. The van der Waals surface area contributed by atoms with E-state index in [1.165, 1.54) is 35.4 Å². The van der Waals surface area contributed by atoms with Crippen molar-refractivity contribution in [3.05, 3.63) is 46.3 Å². The molecule has 0 saturated heterocycles. The number of benzene rings is 1. The molecule has 1 aliphatic heterocycles. The van der Waals surface area contributed by atoms with Crippen LogP contribution < -0.4 is 5.32 Å². The molecule has 18 heavy (non-hydrogen) atoms. The fourth-order valence-corrected chi connectivity index (χ4v) is 4.44. The van der Waals surface area contributed by atoms with E-state index in [-0.39, 0.29) is 0 Å². The Labute approximate surface area is 112 Å². The predicted octanol–water partition coefficient (Wildman–Crippen LogP) is 3.86. The van der Waals surface area contributed by atoms with Crippen molar-refractivity contribution in [3.63, 3.8) is 0 Å². The van der Waals surface area contributed by atoms with Gasteiger partial charge in [-0.2, -0.15) is 0 Å². The number of aryl methyl sites for hydroxylation is 1. The van der Waals surface area contributed by atoms with Crippen LogP contribution in [0, 0.1) is 6.92 Å². The van der Waals surface area contributed by atoms with E-state index in [1.807, 2.05) is 11.3 Å². The summed E-state index contributed by atoms with van der Waals surface area (Å²) in [6, 6.07) is 11.3. The third-order valence-corrected chi connectivity index (χ3v) is 5.70. The van der Waals surface area contributed by atoms with Gasteiger partial charge in [-0.05, 0) is 37.0 Å². The van der Waals surface area contributed by atoms with Crippen LogP contribution in [0.1, 0.15) is 28.8 Å². The molecule has 92 valence electrons. The van der Waals surface area contributed by atoms with Crippen LogP contribution in [0.15, 0.2) is 30.3 Å². The number of hydrogen-bond donors (Lipinski definition) is 1. The van der Waals surface area contributed by atoms with Gasteiger partial charge in [0.05, 0.1) is 0 Å². The summed E-state index contributed by atoms with van der Waals surface area (Å²) in [5.74, 6) is 0. The van der Waals surface area contributed by atoms with Gasteiger partial charge in [-0.25, -0.2) is 0 Å². The fourth-order valence-electron chi connectivity index (χ4n) is 3.02. The molecule has 2 heteroatoms. The van der Waals surface area contributed by atoms with Crippen LogP contribution in [0.5, 0.6) is 0 Å². The van der Waals surface area contributed by atoms with Gasteiger partial charge in [-0.15, -0.1) is 11.3 Å². The minimum absolute atomic E-state index is 0.514. The lowest BCUT2D eigenvalue weighted by atomic mass is 9.97. The van der Waals surface area contributed by atoms with E-state index in [9.17, 15) is 0 Å². The normalized spacial score (nSPS) is 19.8. The Balaban J connectivity index is 1.82. The lowest BCUT2D eigenvalue weighted by Gasteiger charge is -2.22. The highest BCUT2D eigenvalue weighted by Gasteiger charge is 2.48. The molecule has 1 N–H and O–H groups in total. The van der Waals surface area contributed by atoms with Crippen LogP contribution in [0.4, 0.5) is 0 Å². The van der Waals surface area contributed by atoms with Gasteiger partial charge in [0.1, 0.15) is 0 Å². The van der Waals surface area contributed by atoms with Crippen molar-refractivity contribution in [2.45, 2.75) is 31.7 Å². The molecule has 0 atom stereocenters. The highest BCUT2D eigenvalue weighted by atomic mass is 32.1. The van der Waals surface area contributed by atoms with Crippen LogP contribution in [0.25, 0.3) is 10.4 Å². The number of rotatable bonds is 1. The Hall–Kier alpha value is -1.12. The van der Waals surface area contributed by atoms with E-state index < -0.39 is 0 Å². The van der Waals surface area contributed by atoms with Crippen molar-refractivity contribution in [2.24, 2.45) is 0 Å². The molecule has 2 aromatic rings. The third-order valence-electron chi connectivity index (χ3n) is 4.23. The largest absolute Gasteiger partial charge is 0.312 e. The molecule has 1 fully saturated rings. The van der Waals surface area contributed by atoms with Crippen LogP contribution in [-0.4, -0.2) is 6.54 Å². The third kappa shape index (κ3) is 1.56. The first kappa shape index (κ1) is 10.8. The summed E-state index contributed by atoms with van der Waals surface area (Å²) in [5, 5.41) is 3.58. The zero-order valence-electron chi connectivity index (χ0n) is 10.6. The van der Waals surface area contributed by atoms with Crippen molar-refractivity contribution in [1.29, 1.82) is 0 Å². The summed E-state index contributed by atoms with van der Waals surface area (Å²) in [5.41, 5.74) is 4.78. The van der Waals surface area contributed by atoms with Crippen molar-refractivity contribution in [2.75, 3.05) is 6.54 Å². The first-order valence-corrected chi connectivity index (χ1v) is 7.49. The Morgan fingerprint density at radius 1 is 1.22 bits per heavy atom. The molecule has 1 aliphatic carbocycles. The van der Waals surface area contributed by atoms with Gasteiger partial charge in [0.2, 0.25) is 0 Å². The molecule has 1 nitrogen and oxygen atoms in total. The summed E-state index contributed by atoms with van der Waals surface area (Å²) < 4.78 is 0. The monoisotopic (exact) mass is 255 g/mol. The summed E-state index contributed by atoms with van der Waals surface area (Å²) in [6.45, 7) is 4.41. The quantitative estimate of drug-likeness (QED) is 0.816. The number of thiophene rings is 1. The van der Waals surface area contributed by atoms with Crippen molar-refractivity contribution in [1.82, 2.24) is 5.32 Å². The molecule has 2 aliphatic rings. The summed E-state index contributed by atoms with van der Waals surface area (Å²) in [4.78, 5) is 3.11. The predicted molar refractivity (Wildman–Crippen MR) is 77.1 cm³/mol. The zero-order valence-corrected chi connectivity index (χ0v) is 11.4. The van der Waals surface area contributed by atoms with Gasteiger partial charge in [0.15, 0.2) is 0 Å². The SMILES string of the molecule is Cc1cccc(-c2cc3c(s2)C2(CC2)CNC3)c1. The smallest absolute Gasteiger partial charge is 0.0349 e. The van der Waals surface area contributed by atoms with Gasteiger partial charge in [0, 0.05) is 28.3 Å². The zero-order chi connectivity index (χ0) is 12.2. The Kier molecular flexibility index (Phi) is 2.21. The van der Waals surface area contributed by atoms with E-state index in [4.69, 9.17) is 0 Å². The lowest BCUT2D eigenvalue weighted by Crippen LogP contribution is -2.31. The molecule has 0 unspecified atom stereocenters. The van der Waals surface area contributed by atoms with E-state index in [0.717, 1.165) is 6.54 Å². The second-order valence-corrected chi connectivity index (χ2v) is 6.77. The molecule has 1 aromatic carbocycles. The highest BCUT2D eigenvalue weighted by Crippen LogP contribution is 2.54. The number of nitrogens with one attached hydrogen (secondary N) is 1. The van der Waals surface area contributed by atoms with Gasteiger partial charge in [-0.1, -0.05) is 29.8 Å². The van der Waals surface area contributed by atoms with Crippen molar-refractivity contribution >= 4 is 11.3 Å². The number of fused-ring (bicyclic) bond motifs is 2. The molecule has 4 rings (SSSR count). The molecule has 0 amide bonds. The van der Waals surface area contributed by atoms with Gasteiger partial charge < -0.3 is 5.32 Å². The van der Waals surface area contributed by atoms with Gasteiger partial charge in [0.25, 0.3) is 0 Å². The van der Waals surface area contributed by atoms with E-state index in [2.05, 4.69) is 42.6 Å². The van der Waals surface area contributed by atoms with Gasteiger partial charge >= 0.3 is 0 Å². The minimum Gasteiger partial charge on any atom is -0.312 e. The maximum absolute atomic E-state index is 3.58. The van der Waals surface area contributed by atoms with Gasteiger partial charge in [-0.3, -0.25) is 0 Å². The highest BCUT2D eigenvalue weighted by molar-refractivity contribution is 7.15. The molecule has 2 heterocycles. The Morgan fingerprint density at radius 3 is 2.89 bits per heavy atom. The topological polar surface area (TPSA) is 12.0 Å². The molecular weight excluding hydrogens is 238 g/mol. The molecule has 1 aromatic heterocycles. The second kappa shape index (κ2) is 3.69. The van der Waals surface area contributed by atoms with E-state index in [0.29, 0.717) is 5.41 Å². The molecule has 1 saturated carbocycles. The first-order valence-electron chi connectivity index (χ1n) is 6.68. The molecular formula is C16H17NS.